The van der Waals surface area contributed by atoms with Crippen molar-refractivity contribution in [2.75, 3.05) is 0 Å². The maximum atomic E-state index is 5.37. The number of hydrogen-bond donors (Lipinski definition) is 0. The Morgan fingerprint density at radius 3 is 1.57 bits per heavy atom. The molecule has 2 aromatic heterocycles. The van der Waals surface area contributed by atoms with Crippen LogP contribution in [0.2, 0.25) is 0 Å². The first-order valence-electron chi connectivity index (χ1n) is 21.5. The average molecular weight is 802 g/mol. The van der Waals surface area contributed by atoms with Crippen LogP contribution in [0.1, 0.15) is 22.3 Å². The van der Waals surface area contributed by atoms with Gasteiger partial charge in [-0.1, -0.05) is 188 Å². The molecule has 3 heteroatoms. The van der Waals surface area contributed by atoms with Gasteiger partial charge in [0.1, 0.15) is 0 Å². The number of hydrogen-bond acceptors (Lipinski definition) is 3. The molecule has 0 radical (unpaired) electrons. The van der Waals surface area contributed by atoms with Crippen LogP contribution in [0.3, 0.4) is 0 Å². The molecule has 1 aliphatic carbocycles. The predicted octanol–water partition coefficient (Wildman–Crippen LogP) is 14.9. The minimum absolute atomic E-state index is 0.583. The summed E-state index contributed by atoms with van der Waals surface area (Å²) in [6, 6.07) is 81.1. The molecule has 294 valence electrons. The Bertz CT molecular complexity index is 3450. The lowest BCUT2D eigenvalue weighted by atomic mass is 9.66. The van der Waals surface area contributed by atoms with E-state index in [4.69, 9.17) is 9.97 Å². The molecule has 0 amide bonds. The summed E-state index contributed by atoms with van der Waals surface area (Å²) in [6.45, 7) is 0. The molecule has 3 nitrogen and oxygen atoms in total. The Morgan fingerprint density at radius 1 is 0.333 bits per heavy atom. The topological polar surface area (TPSA) is 38.7 Å². The fraction of sp³-hybridized carbons (Fsp3) is 0.0167. The predicted molar refractivity (Wildman–Crippen MR) is 259 cm³/mol. The molecule has 63 heavy (non-hydrogen) atoms. The fourth-order valence-corrected chi connectivity index (χ4v) is 10.0. The van der Waals surface area contributed by atoms with Crippen LogP contribution in [0.25, 0.3) is 88.8 Å². The molecule has 0 saturated heterocycles. The van der Waals surface area contributed by atoms with Crippen molar-refractivity contribution in [3.05, 3.63) is 259 Å². The van der Waals surface area contributed by atoms with Crippen LogP contribution in [0.5, 0.6) is 0 Å². The monoisotopic (exact) mass is 801 g/mol. The Hall–Kier alpha value is -8.27. The Kier molecular flexibility index (Phi) is 8.72. The van der Waals surface area contributed by atoms with Gasteiger partial charge in [0.15, 0.2) is 5.82 Å². The number of aromatic nitrogens is 3. The lowest BCUT2D eigenvalue weighted by Crippen LogP contribution is -2.29. The Balaban J connectivity index is 1.10. The summed E-state index contributed by atoms with van der Waals surface area (Å²) in [5, 5.41) is 4.71. The van der Waals surface area contributed by atoms with E-state index in [0.29, 0.717) is 5.82 Å². The lowest BCUT2D eigenvalue weighted by molar-refractivity contribution is 0.771. The molecule has 11 aromatic rings. The van der Waals surface area contributed by atoms with Gasteiger partial charge in [0.05, 0.1) is 16.8 Å². The van der Waals surface area contributed by atoms with Crippen molar-refractivity contribution in [1.82, 2.24) is 15.0 Å². The summed E-state index contributed by atoms with van der Waals surface area (Å²) in [7, 11) is 0. The average Bonchev–Trinajstić information content (AvgIpc) is 3.66. The molecule has 0 fully saturated rings. The van der Waals surface area contributed by atoms with Crippen molar-refractivity contribution < 1.29 is 0 Å². The molecular weight excluding hydrogens is 763 g/mol. The highest BCUT2D eigenvalue weighted by molar-refractivity contribution is 6.07. The molecule has 0 spiro atoms. The van der Waals surface area contributed by atoms with Crippen molar-refractivity contribution in [2.24, 2.45) is 0 Å². The molecule has 0 bridgehead atoms. The number of nitrogens with zero attached hydrogens (tertiary/aromatic N) is 3. The number of benzene rings is 9. The summed E-state index contributed by atoms with van der Waals surface area (Å²) >= 11 is 0. The maximum Gasteiger partial charge on any atom is 0.161 e. The lowest BCUT2D eigenvalue weighted by Gasteiger charge is -2.35. The minimum atomic E-state index is -0.583. The second kappa shape index (κ2) is 15.0. The molecular formula is C60H39N3. The quantitative estimate of drug-likeness (QED) is 0.161. The van der Waals surface area contributed by atoms with Crippen LogP contribution in [0, 0.1) is 0 Å². The first-order valence-corrected chi connectivity index (χ1v) is 21.5. The van der Waals surface area contributed by atoms with Gasteiger partial charge in [0.25, 0.3) is 0 Å². The third kappa shape index (κ3) is 6.01. The van der Waals surface area contributed by atoms with E-state index in [0.717, 1.165) is 50.0 Å². The van der Waals surface area contributed by atoms with Gasteiger partial charge in [-0.15, -0.1) is 0 Å². The van der Waals surface area contributed by atoms with Crippen LogP contribution in [0.15, 0.2) is 237 Å². The van der Waals surface area contributed by atoms with E-state index in [1.165, 1.54) is 55.3 Å². The van der Waals surface area contributed by atoms with E-state index < -0.39 is 5.41 Å². The van der Waals surface area contributed by atoms with Crippen LogP contribution in [-0.4, -0.2) is 15.0 Å². The molecule has 0 aliphatic heterocycles. The van der Waals surface area contributed by atoms with Gasteiger partial charge in [-0.05, 0) is 108 Å². The summed E-state index contributed by atoms with van der Waals surface area (Å²) in [6.07, 6.45) is 3.71. The Morgan fingerprint density at radius 2 is 0.873 bits per heavy atom. The third-order valence-electron chi connectivity index (χ3n) is 12.8. The first kappa shape index (κ1) is 36.6. The van der Waals surface area contributed by atoms with Gasteiger partial charge >= 0.3 is 0 Å². The summed E-state index contributed by atoms with van der Waals surface area (Å²) in [5.41, 5.74) is 16.3. The minimum Gasteiger partial charge on any atom is -0.264 e. The van der Waals surface area contributed by atoms with E-state index in [2.05, 4.69) is 217 Å². The highest BCUT2D eigenvalue weighted by Crippen LogP contribution is 2.60. The molecule has 2 heterocycles. The van der Waals surface area contributed by atoms with Crippen LogP contribution in [-0.2, 0) is 5.41 Å². The van der Waals surface area contributed by atoms with Gasteiger partial charge in [0, 0.05) is 34.6 Å². The SMILES string of the molecule is c1ccc(-c2cc(-c3cccc(-c4cccnc4)c3)nc(-c3ccc(-c4cccc5c4C(c4ccccc4)(c4ccccc4)c4cc6ccccc6cc4-5)c4ccccc34)n2)cc1. The number of fused-ring (bicyclic) bond motifs is 5. The molecule has 0 N–H and O–H groups in total. The number of rotatable bonds is 7. The highest BCUT2D eigenvalue weighted by atomic mass is 14.9. The summed E-state index contributed by atoms with van der Waals surface area (Å²) in [5.74, 6) is 0.682. The van der Waals surface area contributed by atoms with Crippen molar-refractivity contribution in [3.8, 4) is 67.3 Å². The molecule has 9 aromatic carbocycles. The van der Waals surface area contributed by atoms with Gasteiger partial charge < -0.3 is 0 Å². The second-order valence-corrected chi connectivity index (χ2v) is 16.3. The van der Waals surface area contributed by atoms with E-state index >= 15 is 0 Å². The zero-order valence-corrected chi connectivity index (χ0v) is 34.4. The van der Waals surface area contributed by atoms with Gasteiger partial charge in [0.2, 0.25) is 0 Å². The molecule has 0 unspecified atom stereocenters. The van der Waals surface area contributed by atoms with Gasteiger partial charge in [-0.25, -0.2) is 9.97 Å². The molecule has 12 rings (SSSR count). The normalized spacial score (nSPS) is 12.6. The standard InChI is InChI=1S/C60H39N3/c1-4-17-40(18-5-1)56-38-57(44-22-14-21-41(35-44)45-23-16-34-61-39-45)63-59(62-56)53-33-32-50(48-28-12-13-29-49(48)53)51-30-15-31-52-54-36-42-19-10-11-20-43(42)37-55(54)60(58(51)52,46-24-6-2-7-25-46)47-26-8-3-9-27-47/h1-39H. The first-order chi connectivity index (χ1) is 31.2. The van der Waals surface area contributed by atoms with Gasteiger partial charge in [-0.2, -0.15) is 0 Å². The van der Waals surface area contributed by atoms with Gasteiger partial charge in [-0.3, -0.25) is 4.98 Å². The summed E-state index contributed by atoms with van der Waals surface area (Å²) < 4.78 is 0. The van der Waals surface area contributed by atoms with E-state index in [1.54, 1.807) is 6.20 Å². The highest BCUT2D eigenvalue weighted by Gasteiger charge is 2.48. The van der Waals surface area contributed by atoms with Crippen LogP contribution < -0.4 is 0 Å². The van der Waals surface area contributed by atoms with Crippen LogP contribution >= 0.6 is 0 Å². The molecule has 0 saturated carbocycles. The second-order valence-electron chi connectivity index (χ2n) is 16.3. The van der Waals surface area contributed by atoms with Crippen molar-refractivity contribution in [1.29, 1.82) is 0 Å². The van der Waals surface area contributed by atoms with E-state index in [1.807, 2.05) is 18.3 Å². The van der Waals surface area contributed by atoms with Crippen molar-refractivity contribution in [2.45, 2.75) is 5.41 Å². The third-order valence-corrected chi connectivity index (χ3v) is 12.8. The molecule has 1 aliphatic rings. The largest absolute Gasteiger partial charge is 0.264 e. The summed E-state index contributed by atoms with van der Waals surface area (Å²) in [4.78, 5) is 15.1. The zero-order valence-electron chi connectivity index (χ0n) is 34.4. The Labute approximate surface area is 366 Å². The fourth-order valence-electron chi connectivity index (χ4n) is 10.0. The number of pyridine rings is 1. The van der Waals surface area contributed by atoms with Crippen molar-refractivity contribution >= 4 is 21.5 Å². The van der Waals surface area contributed by atoms with Crippen molar-refractivity contribution in [3.63, 3.8) is 0 Å². The maximum absolute atomic E-state index is 5.37. The molecule has 0 atom stereocenters. The van der Waals surface area contributed by atoms with Crippen LogP contribution in [0.4, 0.5) is 0 Å². The van der Waals surface area contributed by atoms with E-state index in [9.17, 15) is 0 Å². The van der Waals surface area contributed by atoms with E-state index in [-0.39, 0.29) is 0 Å². The zero-order chi connectivity index (χ0) is 41.7. The smallest absolute Gasteiger partial charge is 0.161 e.